The van der Waals surface area contributed by atoms with Crippen LogP contribution in [0.25, 0.3) is 43.1 Å². The summed E-state index contributed by atoms with van der Waals surface area (Å²) in [5, 5.41) is 11.7. The predicted molar refractivity (Wildman–Crippen MR) is 142 cm³/mol. The normalized spacial score (nSPS) is 13.1. The zero-order valence-corrected chi connectivity index (χ0v) is 18.4. The molecule has 34 heavy (non-hydrogen) atoms. The van der Waals surface area contributed by atoms with Gasteiger partial charge in [0, 0.05) is 5.39 Å². The van der Waals surface area contributed by atoms with Gasteiger partial charge in [-0.25, -0.2) is 9.98 Å². The highest BCUT2D eigenvalue weighted by Crippen LogP contribution is 2.38. The predicted octanol–water partition coefficient (Wildman–Crippen LogP) is 7.64. The molecule has 158 valence electrons. The van der Waals surface area contributed by atoms with Crippen LogP contribution in [-0.2, 0) is 0 Å². The molecule has 0 radical (unpaired) electrons. The highest BCUT2D eigenvalue weighted by Gasteiger charge is 2.15. The van der Waals surface area contributed by atoms with Crippen LogP contribution in [0.5, 0.6) is 0 Å². The fourth-order valence-electron chi connectivity index (χ4n) is 5.16. The van der Waals surface area contributed by atoms with Crippen LogP contribution in [0.2, 0.25) is 0 Å². The monoisotopic (exact) mass is 432 g/mol. The number of fused-ring (bicyclic) bond motifs is 2. The molecule has 0 heterocycles. The van der Waals surface area contributed by atoms with Crippen LogP contribution < -0.4 is 10.7 Å². The van der Waals surface area contributed by atoms with Crippen molar-refractivity contribution in [2.45, 2.75) is 0 Å². The molecular formula is C32H20N2. The van der Waals surface area contributed by atoms with Crippen molar-refractivity contribution < 1.29 is 0 Å². The Kier molecular flexibility index (Phi) is 4.18. The van der Waals surface area contributed by atoms with Crippen molar-refractivity contribution in [3.8, 4) is 0 Å². The van der Waals surface area contributed by atoms with E-state index in [9.17, 15) is 0 Å². The van der Waals surface area contributed by atoms with Gasteiger partial charge < -0.3 is 0 Å². The van der Waals surface area contributed by atoms with Gasteiger partial charge in [0.2, 0.25) is 0 Å². The third-order valence-electron chi connectivity index (χ3n) is 6.59. The number of benzene rings is 7. The molecule has 0 saturated heterocycles. The fraction of sp³-hybridized carbons (Fsp3) is 0. The van der Waals surface area contributed by atoms with Crippen LogP contribution in [0.4, 0.5) is 11.4 Å². The summed E-state index contributed by atoms with van der Waals surface area (Å²) in [7, 11) is 0. The summed E-state index contributed by atoms with van der Waals surface area (Å²) in [6.45, 7) is 0. The lowest BCUT2D eigenvalue weighted by molar-refractivity contribution is 1.25. The van der Waals surface area contributed by atoms with E-state index in [-0.39, 0.29) is 0 Å². The van der Waals surface area contributed by atoms with Crippen LogP contribution in [0.15, 0.2) is 131 Å². The number of hydrogen-bond donors (Lipinski definition) is 0. The van der Waals surface area contributed by atoms with Gasteiger partial charge >= 0.3 is 0 Å². The Hall–Kier alpha value is -4.56. The van der Waals surface area contributed by atoms with Gasteiger partial charge in [0.15, 0.2) is 0 Å². The van der Waals surface area contributed by atoms with E-state index < -0.39 is 0 Å². The Balaban J connectivity index is 1.80. The van der Waals surface area contributed by atoms with Gasteiger partial charge in [-0.2, -0.15) is 0 Å². The molecule has 0 fully saturated rings. The van der Waals surface area contributed by atoms with Crippen LogP contribution in [0.3, 0.4) is 0 Å². The minimum absolute atomic E-state index is 0.881. The largest absolute Gasteiger partial charge is 0.247 e. The number of nitrogens with zero attached hydrogens (tertiary/aromatic N) is 2. The summed E-state index contributed by atoms with van der Waals surface area (Å²) in [6.07, 6.45) is 0. The first kappa shape index (κ1) is 19.0. The van der Waals surface area contributed by atoms with Gasteiger partial charge in [-0.05, 0) is 68.0 Å². The Morgan fingerprint density at radius 1 is 0.382 bits per heavy atom. The Labute approximate surface area is 196 Å². The number of hydrogen-bond acceptors (Lipinski definition) is 2. The minimum Gasteiger partial charge on any atom is -0.247 e. The number of rotatable bonds is 2. The van der Waals surface area contributed by atoms with Gasteiger partial charge in [-0.1, -0.05) is 91.0 Å². The minimum atomic E-state index is 0.881. The summed E-state index contributed by atoms with van der Waals surface area (Å²) in [5.41, 5.74) is 1.84. The molecule has 2 heteroatoms. The van der Waals surface area contributed by atoms with E-state index in [1.54, 1.807) is 0 Å². The molecule has 7 aromatic carbocycles. The smallest absolute Gasteiger partial charge is 0.0978 e. The SMILES string of the molecule is c1ccc(N=c2cc3cccc4c5cccc6cccc(c(c2=Nc2ccccc2)c34)c65)cc1. The van der Waals surface area contributed by atoms with Gasteiger partial charge in [0.05, 0.1) is 22.1 Å². The first-order valence-corrected chi connectivity index (χ1v) is 11.5. The van der Waals surface area contributed by atoms with Crippen LogP contribution in [0, 0.1) is 0 Å². The standard InChI is InChI=1S/C32H20N2/c1-3-13-23(14-4-1)33-28-20-22-12-9-18-26-25-17-7-10-21-11-8-19-27(29(21)25)31(30(22)26)32(28)34-24-15-5-2-6-16-24/h1-20H. The van der Waals surface area contributed by atoms with Crippen molar-refractivity contribution in [2.24, 2.45) is 9.98 Å². The van der Waals surface area contributed by atoms with E-state index in [4.69, 9.17) is 9.98 Å². The first-order chi connectivity index (χ1) is 16.9. The Morgan fingerprint density at radius 2 is 0.941 bits per heavy atom. The molecule has 0 spiro atoms. The molecule has 0 amide bonds. The second kappa shape index (κ2) is 7.50. The van der Waals surface area contributed by atoms with Crippen molar-refractivity contribution in [3.63, 3.8) is 0 Å². The summed E-state index contributed by atoms with van der Waals surface area (Å²) in [4.78, 5) is 10.3. The van der Waals surface area contributed by atoms with Gasteiger partial charge in [0.25, 0.3) is 0 Å². The van der Waals surface area contributed by atoms with Crippen molar-refractivity contribution in [3.05, 3.63) is 132 Å². The van der Waals surface area contributed by atoms with E-state index in [0.29, 0.717) is 0 Å². The third kappa shape index (κ3) is 2.89. The highest BCUT2D eigenvalue weighted by atomic mass is 14.8. The molecule has 0 saturated carbocycles. The lowest BCUT2D eigenvalue weighted by Crippen LogP contribution is -2.26. The molecule has 2 nitrogen and oxygen atoms in total. The van der Waals surface area contributed by atoms with Crippen LogP contribution >= 0.6 is 0 Å². The highest BCUT2D eigenvalue weighted by molar-refractivity contribution is 6.32. The molecule has 0 aliphatic carbocycles. The van der Waals surface area contributed by atoms with E-state index in [1.807, 2.05) is 60.7 Å². The van der Waals surface area contributed by atoms with E-state index in [1.165, 1.54) is 37.7 Å². The molecule has 0 aliphatic rings. The van der Waals surface area contributed by atoms with E-state index >= 15 is 0 Å². The zero-order valence-electron chi connectivity index (χ0n) is 18.4. The zero-order chi connectivity index (χ0) is 22.5. The molecule has 7 rings (SSSR count). The van der Waals surface area contributed by atoms with Crippen molar-refractivity contribution in [1.82, 2.24) is 0 Å². The molecule has 0 aromatic heterocycles. The maximum atomic E-state index is 5.20. The van der Waals surface area contributed by atoms with Gasteiger partial charge in [-0.3, -0.25) is 0 Å². The average Bonchev–Trinajstić information content (AvgIpc) is 2.89. The van der Waals surface area contributed by atoms with Gasteiger partial charge in [0.1, 0.15) is 0 Å². The Bertz CT molecular complexity index is 1930. The Morgan fingerprint density at radius 3 is 1.62 bits per heavy atom. The molecule has 0 N–H and O–H groups in total. The second-order valence-corrected chi connectivity index (χ2v) is 8.63. The van der Waals surface area contributed by atoms with Crippen molar-refractivity contribution in [1.29, 1.82) is 0 Å². The molecule has 0 atom stereocenters. The van der Waals surface area contributed by atoms with E-state index in [2.05, 4.69) is 60.7 Å². The van der Waals surface area contributed by atoms with Crippen molar-refractivity contribution >= 4 is 54.5 Å². The molecular weight excluding hydrogens is 412 g/mol. The van der Waals surface area contributed by atoms with Gasteiger partial charge in [-0.15, -0.1) is 0 Å². The number of para-hydroxylation sites is 2. The average molecular weight is 433 g/mol. The summed E-state index contributed by atoms with van der Waals surface area (Å²) in [5.74, 6) is 0. The molecule has 0 aliphatic heterocycles. The summed E-state index contributed by atoms with van der Waals surface area (Å²) >= 11 is 0. The molecule has 0 bridgehead atoms. The van der Waals surface area contributed by atoms with Crippen molar-refractivity contribution in [2.75, 3.05) is 0 Å². The molecule has 7 aromatic rings. The lowest BCUT2D eigenvalue weighted by atomic mass is 9.89. The quantitative estimate of drug-likeness (QED) is 0.198. The fourth-order valence-corrected chi connectivity index (χ4v) is 5.16. The van der Waals surface area contributed by atoms with Crippen LogP contribution in [0.1, 0.15) is 0 Å². The van der Waals surface area contributed by atoms with E-state index in [0.717, 1.165) is 27.5 Å². The second-order valence-electron chi connectivity index (χ2n) is 8.63. The maximum absolute atomic E-state index is 5.20. The molecule has 0 unspecified atom stereocenters. The first-order valence-electron chi connectivity index (χ1n) is 11.5. The summed E-state index contributed by atoms with van der Waals surface area (Å²) < 4.78 is 0. The van der Waals surface area contributed by atoms with Crippen LogP contribution in [-0.4, -0.2) is 0 Å². The topological polar surface area (TPSA) is 24.7 Å². The maximum Gasteiger partial charge on any atom is 0.0978 e. The summed E-state index contributed by atoms with van der Waals surface area (Å²) in [6, 6.07) is 42.2. The third-order valence-corrected chi connectivity index (χ3v) is 6.59. The lowest BCUT2D eigenvalue weighted by Gasteiger charge is -2.14.